The second-order valence-corrected chi connectivity index (χ2v) is 6.58. The first-order valence-electron chi connectivity index (χ1n) is 8.52. The molecule has 0 spiro atoms. The number of hydrogen-bond donors (Lipinski definition) is 1. The van der Waals surface area contributed by atoms with Crippen LogP contribution < -0.4 is 10.9 Å². The van der Waals surface area contributed by atoms with E-state index in [9.17, 15) is 9.59 Å². The summed E-state index contributed by atoms with van der Waals surface area (Å²) in [6.45, 7) is 5.72. The number of hydrogen-bond acceptors (Lipinski definition) is 4. The molecule has 0 radical (unpaired) electrons. The number of rotatable bonds is 8. The van der Waals surface area contributed by atoms with Crippen LogP contribution in [-0.2, 0) is 6.54 Å². The minimum Gasteiger partial charge on any atom is -0.352 e. The zero-order valence-electron chi connectivity index (χ0n) is 15.4. The van der Waals surface area contributed by atoms with E-state index >= 15 is 0 Å². The quantitative estimate of drug-likeness (QED) is 0.732. The summed E-state index contributed by atoms with van der Waals surface area (Å²) in [4.78, 5) is 27.3. The number of carbonyl (C=O) groups is 1. The first-order chi connectivity index (χ1) is 11.9. The van der Waals surface area contributed by atoms with Crippen LogP contribution in [-0.4, -0.2) is 52.3 Å². The third-order valence-electron chi connectivity index (χ3n) is 4.07. The van der Waals surface area contributed by atoms with Crippen molar-refractivity contribution < 1.29 is 4.79 Å². The Hall–Kier alpha value is -2.41. The summed E-state index contributed by atoms with van der Waals surface area (Å²) in [6.07, 6.45) is 6.13. The van der Waals surface area contributed by atoms with Crippen molar-refractivity contribution in [3.05, 3.63) is 52.2 Å². The molecule has 7 nitrogen and oxygen atoms in total. The van der Waals surface area contributed by atoms with Crippen LogP contribution in [0.4, 0.5) is 0 Å². The lowest BCUT2D eigenvalue weighted by atomic mass is 10.1. The monoisotopic (exact) mass is 345 g/mol. The third kappa shape index (κ3) is 5.03. The Kier molecular flexibility index (Phi) is 6.52. The molecule has 1 atom stereocenters. The van der Waals surface area contributed by atoms with Gasteiger partial charge in [0.1, 0.15) is 5.56 Å². The van der Waals surface area contributed by atoms with Crippen molar-refractivity contribution in [3.63, 3.8) is 0 Å². The molecule has 0 aliphatic rings. The molecule has 2 heterocycles. The van der Waals surface area contributed by atoms with E-state index in [1.165, 1.54) is 0 Å². The minimum absolute atomic E-state index is 0.00512. The van der Waals surface area contributed by atoms with Crippen LogP contribution in [0.25, 0.3) is 0 Å². The molecule has 7 heteroatoms. The van der Waals surface area contributed by atoms with Crippen molar-refractivity contribution in [1.82, 2.24) is 24.6 Å². The molecule has 2 aromatic rings. The molecule has 1 N–H and O–H groups in total. The highest BCUT2D eigenvalue weighted by molar-refractivity contribution is 5.95. The smallest absolute Gasteiger partial charge is 0.263 e. The minimum atomic E-state index is -0.311. The molecule has 0 fully saturated rings. The Morgan fingerprint density at radius 1 is 1.36 bits per heavy atom. The lowest BCUT2D eigenvalue weighted by molar-refractivity contribution is 0.0949. The van der Waals surface area contributed by atoms with Gasteiger partial charge in [-0.1, -0.05) is 0 Å². The Morgan fingerprint density at radius 2 is 2.12 bits per heavy atom. The molecule has 25 heavy (non-hydrogen) atoms. The van der Waals surface area contributed by atoms with E-state index in [1.807, 2.05) is 48.9 Å². The number of aryl methyl sites for hydroxylation is 2. The van der Waals surface area contributed by atoms with Gasteiger partial charge in [-0.3, -0.25) is 14.3 Å². The SMILES string of the molecule is Cc1ccn(C(C)CN(C)C)c(=O)c1C(=O)NCCCn1cccn1. The van der Waals surface area contributed by atoms with Gasteiger partial charge in [-0.2, -0.15) is 5.10 Å². The van der Waals surface area contributed by atoms with Crippen molar-refractivity contribution in [2.45, 2.75) is 32.9 Å². The van der Waals surface area contributed by atoms with Gasteiger partial charge in [-0.05, 0) is 52.1 Å². The fourth-order valence-electron chi connectivity index (χ4n) is 2.84. The Morgan fingerprint density at radius 3 is 2.76 bits per heavy atom. The normalized spacial score (nSPS) is 12.4. The Balaban J connectivity index is 2.04. The van der Waals surface area contributed by atoms with Gasteiger partial charge in [-0.15, -0.1) is 0 Å². The molecule has 2 aromatic heterocycles. The average molecular weight is 345 g/mol. The van der Waals surface area contributed by atoms with E-state index in [4.69, 9.17) is 0 Å². The van der Waals surface area contributed by atoms with Crippen molar-refractivity contribution in [2.75, 3.05) is 27.2 Å². The van der Waals surface area contributed by atoms with E-state index in [1.54, 1.807) is 23.9 Å². The maximum absolute atomic E-state index is 12.7. The molecule has 2 rings (SSSR count). The standard InChI is InChI=1S/C18H27N5O2/c1-14-7-12-23(15(2)13-21(3)4)18(25)16(14)17(24)19-8-5-10-22-11-6-9-20-22/h6-7,9,11-12,15H,5,8,10,13H2,1-4H3,(H,19,24). The maximum Gasteiger partial charge on any atom is 0.263 e. The molecule has 0 saturated heterocycles. The summed E-state index contributed by atoms with van der Waals surface area (Å²) in [5, 5.41) is 6.97. The van der Waals surface area contributed by atoms with Crippen LogP contribution >= 0.6 is 0 Å². The van der Waals surface area contributed by atoms with Crippen LogP contribution in [0, 0.1) is 6.92 Å². The first-order valence-corrected chi connectivity index (χ1v) is 8.52. The molecular weight excluding hydrogens is 318 g/mol. The molecular formula is C18H27N5O2. The van der Waals surface area contributed by atoms with Gasteiger partial charge in [0, 0.05) is 44.3 Å². The Bertz CT molecular complexity index is 749. The second-order valence-electron chi connectivity index (χ2n) is 6.58. The lowest BCUT2D eigenvalue weighted by Crippen LogP contribution is -2.37. The predicted molar refractivity (Wildman–Crippen MR) is 97.9 cm³/mol. The summed E-state index contributed by atoms with van der Waals surface area (Å²) in [5.74, 6) is -0.311. The second kappa shape index (κ2) is 8.62. The van der Waals surface area contributed by atoms with Crippen molar-refractivity contribution in [2.24, 2.45) is 0 Å². The third-order valence-corrected chi connectivity index (χ3v) is 4.07. The predicted octanol–water partition coefficient (Wildman–Crippen LogP) is 1.30. The molecule has 136 valence electrons. The van der Waals surface area contributed by atoms with Gasteiger partial charge in [0.25, 0.3) is 11.5 Å². The van der Waals surface area contributed by atoms with Crippen LogP contribution in [0.1, 0.15) is 35.3 Å². The topological polar surface area (TPSA) is 72.2 Å². The highest BCUT2D eigenvalue weighted by atomic mass is 16.2. The number of pyridine rings is 1. The van der Waals surface area contributed by atoms with Gasteiger partial charge in [0.05, 0.1) is 0 Å². The highest BCUT2D eigenvalue weighted by Gasteiger charge is 2.18. The summed E-state index contributed by atoms with van der Waals surface area (Å²) < 4.78 is 3.45. The van der Waals surface area contributed by atoms with Gasteiger partial charge >= 0.3 is 0 Å². The van der Waals surface area contributed by atoms with Gasteiger partial charge < -0.3 is 14.8 Å². The van der Waals surface area contributed by atoms with E-state index < -0.39 is 0 Å². The number of nitrogens with one attached hydrogen (secondary N) is 1. The number of nitrogens with zero attached hydrogens (tertiary/aromatic N) is 4. The van der Waals surface area contributed by atoms with E-state index in [-0.39, 0.29) is 23.1 Å². The number of likely N-dealkylation sites (N-methyl/N-ethyl adjacent to an activating group) is 1. The first kappa shape index (κ1) is 18.9. The fraction of sp³-hybridized carbons (Fsp3) is 0.500. The molecule has 1 amide bonds. The summed E-state index contributed by atoms with van der Waals surface area (Å²) in [6, 6.07) is 3.68. The lowest BCUT2D eigenvalue weighted by Gasteiger charge is -2.20. The van der Waals surface area contributed by atoms with Gasteiger partial charge in [-0.25, -0.2) is 0 Å². The van der Waals surface area contributed by atoms with Crippen LogP contribution in [0.15, 0.2) is 35.5 Å². The van der Waals surface area contributed by atoms with Crippen molar-refractivity contribution >= 4 is 5.91 Å². The summed E-state index contributed by atoms with van der Waals surface area (Å²) in [5.41, 5.74) is 0.689. The van der Waals surface area contributed by atoms with Crippen molar-refractivity contribution in [1.29, 1.82) is 0 Å². The van der Waals surface area contributed by atoms with Gasteiger partial charge in [0.2, 0.25) is 0 Å². The zero-order chi connectivity index (χ0) is 18.4. The highest BCUT2D eigenvalue weighted by Crippen LogP contribution is 2.08. The molecule has 0 aromatic carbocycles. The summed E-state index contributed by atoms with van der Waals surface area (Å²) in [7, 11) is 3.92. The fourth-order valence-corrected chi connectivity index (χ4v) is 2.84. The number of carbonyl (C=O) groups excluding carboxylic acids is 1. The zero-order valence-corrected chi connectivity index (χ0v) is 15.4. The number of aromatic nitrogens is 3. The summed E-state index contributed by atoms with van der Waals surface area (Å²) >= 11 is 0. The molecule has 0 aliphatic carbocycles. The van der Waals surface area contributed by atoms with Crippen LogP contribution in [0.5, 0.6) is 0 Å². The number of amides is 1. The Labute approximate surface area is 148 Å². The van der Waals surface area contributed by atoms with E-state index in [2.05, 4.69) is 10.4 Å². The maximum atomic E-state index is 12.7. The molecule has 0 bridgehead atoms. The van der Waals surface area contributed by atoms with Crippen LogP contribution in [0.3, 0.4) is 0 Å². The van der Waals surface area contributed by atoms with Crippen molar-refractivity contribution in [3.8, 4) is 0 Å². The van der Waals surface area contributed by atoms with E-state index in [0.717, 1.165) is 19.5 Å². The molecule has 0 aliphatic heterocycles. The van der Waals surface area contributed by atoms with Gasteiger partial charge in [0.15, 0.2) is 0 Å². The largest absolute Gasteiger partial charge is 0.352 e. The van der Waals surface area contributed by atoms with Crippen LogP contribution in [0.2, 0.25) is 0 Å². The molecule has 1 unspecified atom stereocenters. The van der Waals surface area contributed by atoms with E-state index in [0.29, 0.717) is 12.1 Å². The average Bonchev–Trinajstić information content (AvgIpc) is 3.04. The molecule has 0 saturated carbocycles.